The van der Waals surface area contributed by atoms with Gasteiger partial charge in [0.05, 0.1) is 19.8 Å². The smallest absolute Gasteiger partial charge is 0.324 e. The molecule has 3 rings (SSSR count). The van der Waals surface area contributed by atoms with Crippen LogP contribution in [0.1, 0.15) is 24.9 Å². The summed E-state index contributed by atoms with van der Waals surface area (Å²) in [5.41, 5.74) is 1.00. The second-order valence-corrected chi connectivity index (χ2v) is 6.84. The van der Waals surface area contributed by atoms with Gasteiger partial charge in [-0.1, -0.05) is 12.1 Å². The normalized spacial score (nSPS) is 25.1. The first-order chi connectivity index (χ1) is 13.0. The first-order valence-electron chi connectivity index (χ1n) is 9.21. The summed E-state index contributed by atoms with van der Waals surface area (Å²) in [7, 11) is 3.55. The van der Waals surface area contributed by atoms with Crippen LogP contribution in [0.3, 0.4) is 0 Å². The number of fused-ring (bicyclic) bond motifs is 1. The van der Waals surface area contributed by atoms with Gasteiger partial charge in [0, 0.05) is 32.2 Å². The van der Waals surface area contributed by atoms with Crippen molar-refractivity contribution < 1.29 is 23.9 Å². The first kappa shape index (κ1) is 19.6. The molecule has 27 heavy (non-hydrogen) atoms. The van der Waals surface area contributed by atoms with Crippen LogP contribution in [0.5, 0.6) is 5.75 Å². The Bertz CT molecular complexity index is 666. The summed E-state index contributed by atoms with van der Waals surface area (Å²) >= 11 is 0. The Morgan fingerprint density at radius 2 is 2.04 bits per heavy atom. The van der Waals surface area contributed by atoms with E-state index in [1.807, 2.05) is 36.4 Å². The third-order valence-corrected chi connectivity index (χ3v) is 5.22. The van der Waals surface area contributed by atoms with Crippen LogP contribution in [-0.4, -0.2) is 68.5 Å². The number of carbonyl (C=O) groups is 2. The number of hydroxylamine groups is 2. The SMILES string of the molecule is CCOCC(=O)NC(=O)N1C[C@H]2CON(C)[C@H]2C[C@H]1c1ccc(OC)cc1. The number of amides is 3. The number of nitrogens with one attached hydrogen (secondary N) is 1. The molecule has 1 aromatic rings. The number of imide groups is 1. The molecule has 2 heterocycles. The summed E-state index contributed by atoms with van der Waals surface area (Å²) in [4.78, 5) is 32.1. The van der Waals surface area contributed by atoms with Gasteiger partial charge in [-0.15, -0.1) is 0 Å². The number of hydrogen-bond donors (Lipinski definition) is 1. The Hall–Kier alpha value is -2.16. The fraction of sp³-hybridized carbons (Fsp3) is 0.579. The third-order valence-electron chi connectivity index (χ3n) is 5.22. The van der Waals surface area contributed by atoms with Crippen molar-refractivity contribution in [2.24, 2.45) is 5.92 Å². The topological polar surface area (TPSA) is 80.3 Å². The Morgan fingerprint density at radius 1 is 1.30 bits per heavy atom. The molecule has 0 unspecified atom stereocenters. The fourth-order valence-electron chi connectivity index (χ4n) is 3.76. The molecule has 2 aliphatic heterocycles. The minimum absolute atomic E-state index is 0.124. The molecular weight excluding hydrogens is 350 g/mol. The Labute approximate surface area is 159 Å². The first-order valence-corrected chi connectivity index (χ1v) is 9.21. The average Bonchev–Trinajstić information content (AvgIpc) is 3.05. The van der Waals surface area contributed by atoms with Crippen molar-refractivity contribution in [3.8, 4) is 5.75 Å². The van der Waals surface area contributed by atoms with E-state index in [0.29, 0.717) is 19.8 Å². The Kier molecular flexibility index (Phi) is 6.30. The summed E-state index contributed by atoms with van der Waals surface area (Å²) in [5.74, 6) is 0.547. The van der Waals surface area contributed by atoms with E-state index >= 15 is 0 Å². The number of hydrogen-bond acceptors (Lipinski definition) is 6. The largest absolute Gasteiger partial charge is 0.497 e. The van der Waals surface area contributed by atoms with Crippen molar-refractivity contribution in [2.45, 2.75) is 25.4 Å². The third kappa shape index (κ3) is 4.40. The number of urea groups is 1. The van der Waals surface area contributed by atoms with Gasteiger partial charge in [-0.3, -0.25) is 14.9 Å². The zero-order valence-electron chi connectivity index (χ0n) is 16.0. The van der Waals surface area contributed by atoms with Gasteiger partial charge < -0.3 is 14.4 Å². The quantitative estimate of drug-likeness (QED) is 0.839. The number of piperidine rings is 1. The molecule has 2 saturated heterocycles. The molecule has 148 valence electrons. The van der Waals surface area contributed by atoms with Gasteiger partial charge in [0.1, 0.15) is 12.4 Å². The van der Waals surface area contributed by atoms with E-state index in [2.05, 4.69) is 5.32 Å². The lowest BCUT2D eigenvalue weighted by atomic mass is 9.86. The zero-order valence-corrected chi connectivity index (χ0v) is 16.0. The van der Waals surface area contributed by atoms with Gasteiger partial charge >= 0.3 is 6.03 Å². The predicted octanol–water partition coefficient (Wildman–Crippen LogP) is 1.58. The maximum atomic E-state index is 12.8. The number of carbonyl (C=O) groups excluding carboxylic acids is 2. The van der Waals surface area contributed by atoms with Gasteiger partial charge in [0.2, 0.25) is 0 Å². The molecular formula is C19H27N3O5. The maximum Gasteiger partial charge on any atom is 0.324 e. The second kappa shape index (κ2) is 8.69. The van der Waals surface area contributed by atoms with Crippen LogP contribution in [0.25, 0.3) is 0 Å². The Balaban J connectivity index is 1.78. The molecule has 0 aliphatic carbocycles. The number of nitrogens with zero attached hydrogens (tertiary/aromatic N) is 2. The molecule has 1 N–H and O–H groups in total. The van der Waals surface area contributed by atoms with Crippen molar-refractivity contribution in [3.05, 3.63) is 29.8 Å². The molecule has 8 nitrogen and oxygen atoms in total. The standard InChI is InChI=1S/C19H27N3O5/c1-4-26-12-18(23)20-19(24)22-10-14-11-27-21(2)16(14)9-17(22)13-5-7-15(25-3)8-6-13/h5-8,14,16-17H,4,9-12H2,1-3H3,(H,20,23,24)/t14-,16-,17-/m0/s1. The summed E-state index contributed by atoms with van der Waals surface area (Å²) in [6, 6.07) is 7.37. The lowest BCUT2D eigenvalue weighted by Crippen LogP contribution is -2.53. The highest BCUT2D eigenvalue weighted by Gasteiger charge is 2.44. The monoisotopic (exact) mass is 377 g/mol. The van der Waals surface area contributed by atoms with Crippen molar-refractivity contribution in [2.75, 3.05) is 40.5 Å². The van der Waals surface area contributed by atoms with Crippen LogP contribution in [0.2, 0.25) is 0 Å². The maximum absolute atomic E-state index is 12.8. The highest BCUT2D eigenvalue weighted by Crippen LogP contribution is 2.39. The summed E-state index contributed by atoms with van der Waals surface area (Å²) < 4.78 is 10.3. The van der Waals surface area contributed by atoms with E-state index in [1.165, 1.54) is 0 Å². The van der Waals surface area contributed by atoms with E-state index in [4.69, 9.17) is 14.3 Å². The van der Waals surface area contributed by atoms with Crippen LogP contribution >= 0.6 is 0 Å². The lowest BCUT2D eigenvalue weighted by Gasteiger charge is -2.42. The molecule has 8 heteroatoms. The number of likely N-dealkylation sites (tertiary alicyclic amines) is 1. The van der Waals surface area contributed by atoms with Crippen LogP contribution in [0.15, 0.2) is 24.3 Å². The lowest BCUT2D eigenvalue weighted by molar-refractivity contribution is -0.124. The minimum Gasteiger partial charge on any atom is -0.497 e. The van der Waals surface area contributed by atoms with E-state index in [1.54, 1.807) is 18.9 Å². The van der Waals surface area contributed by atoms with Gasteiger partial charge in [0.15, 0.2) is 0 Å². The van der Waals surface area contributed by atoms with Crippen LogP contribution in [0, 0.1) is 5.92 Å². The molecule has 2 fully saturated rings. The van der Waals surface area contributed by atoms with E-state index in [-0.39, 0.29) is 24.6 Å². The van der Waals surface area contributed by atoms with Crippen molar-refractivity contribution in [1.82, 2.24) is 15.3 Å². The molecule has 0 radical (unpaired) electrons. The predicted molar refractivity (Wildman–Crippen MR) is 98.1 cm³/mol. The van der Waals surface area contributed by atoms with Gasteiger partial charge in [0.25, 0.3) is 5.91 Å². The van der Waals surface area contributed by atoms with Crippen LogP contribution < -0.4 is 10.1 Å². The molecule has 0 aromatic heterocycles. The Morgan fingerprint density at radius 3 is 2.70 bits per heavy atom. The van der Waals surface area contributed by atoms with E-state index in [9.17, 15) is 9.59 Å². The van der Waals surface area contributed by atoms with E-state index < -0.39 is 11.9 Å². The molecule has 3 amide bonds. The molecule has 0 bridgehead atoms. The second-order valence-electron chi connectivity index (χ2n) is 6.84. The summed E-state index contributed by atoms with van der Waals surface area (Å²) in [6.45, 7) is 3.21. The highest BCUT2D eigenvalue weighted by atomic mass is 16.7. The van der Waals surface area contributed by atoms with Crippen molar-refractivity contribution in [3.63, 3.8) is 0 Å². The molecule has 0 saturated carbocycles. The molecule has 1 aromatic carbocycles. The summed E-state index contributed by atoms with van der Waals surface area (Å²) in [6.07, 6.45) is 0.737. The molecule has 0 spiro atoms. The van der Waals surface area contributed by atoms with Crippen LogP contribution in [-0.2, 0) is 14.4 Å². The molecule has 3 atom stereocenters. The minimum atomic E-state index is -0.433. The highest BCUT2D eigenvalue weighted by molar-refractivity contribution is 5.95. The van der Waals surface area contributed by atoms with E-state index in [0.717, 1.165) is 17.7 Å². The van der Waals surface area contributed by atoms with Gasteiger partial charge in [-0.05, 0) is 31.0 Å². The number of ether oxygens (including phenoxy) is 2. The van der Waals surface area contributed by atoms with Crippen molar-refractivity contribution in [1.29, 1.82) is 0 Å². The molecule has 2 aliphatic rings. The number of rotatable bonds is 5. The van der Waals surface area contributed by atoms with Crippen molar-refractivity contribution >= 4 is 11.9 Å². The fourth-order valence-corrected chi connectivity index (χ4v) is 3.76. The summed E-state index contributed by atoms with van der Waals surface area (Å²) in [5, 5.41) is 4.33. The van der Waals surface area contributed by atoms with Crippen LogP contribution in [0.4, 0.5) is 4.79 Å². The van der Waals surface area contributed by atoms with Gasteiger partial charge in [-0.25, -0.2) is 4.79 Å². The number of benzene rings is 1. The number of methoxy groups -OCH3 is 1. The van der Waals surface area contributed by atoms with Gasteiger partial charge in [-0.2, -0.15) is 5.06 Å². The zero-order chi connectivity index (χ0) is 19.4. The average molecular weight is 377 g/mol.